The van der Waals surface area contributed by atoms with Gasteiger partial charge in [0.2, 0.25) is 0 Å². The van der Waals surface area contributed by atoms with E-state index in [0.717, 1.165) is 19.4 Å². The molecule has 16 heavy (non-hydrogen) atoms. The first-order valence-corrected chi connectivity index (χ1v) is 5.59. The fraction of sp³-hybridized carbons (Fsp3) is 0.800. The summed E-state index contributed by atoms with van der Waals surface area (Å²) < 4.78 is 0. The number of likely N-dealkylation sites (N-methyl/N-ethyl adjacent to an activating group) is 1. The number of carbonyl (C=O) groups excluding carboxylic acids is 1. The molecular formula is C10H17N3O3. The van der Waals surface area contributed by atoms with Crippen molar-refractivity contribution in [1.29, 1.82) is 0 Å². The number of carboxylic acid groups (broad SMARTS) is 1. The number of hydrogen-bond acceptors (Lipinski definition) is 2. The van der Waals surface area contributed by atoms with Crippen molar-refractivity contribution in [2.75, 3.05) is 33.2 Å². The van der Waals surface area contributed by atoms with Crippen molar-refractivity contribution in [3.63, 3.8) is 0 Å². The van der Waals surface area contributed by atoms with Crippen molar-refractivity contribution < 1.29 is 14.7 Å². The van der Waals surface area contributed by atoms with E-state index >= 15 is 0 Å². The Morgan fingerprint density at radius 1 is 1.38 bits per heavy atom. The predicted octanol–water partition coefficient (Wildman–Crippen LogP) is 0.496. The molecule has 2 aliphatic rings. The van der Waals surface area contributed by atoms with E-state index in [-0.39, 0.29) is 12.1 Å². The highest BCUT2D eigenvalue weighted by Gasteiger charge is 2.35. The topological polar surface area (TPSA) is 64.1 Å². The van der Waals surface area contributed by atoms with E-state index in [2.05, 4.69) is 0 Å². The van der Waals surface area contributed by atoms with Gasteiger partial charge in [-0.2, -0.15) is 0 Å². The molecule has 2 rings (SSSR count). The van der Waals surface area contributed by atoms with Crippen molar-refractivity contribution in [3.8, 4) is 0 Å². The first kappa shape index (κ1) is 11.0. The lowest BCUT2D eigenvalue weighted by molar-refractivity contribution is 0.102. The van der Waals surface area contributed by atoms with Crippen LogP contribution in [0.5, 0.6) is 0 Å². The molecule has 0 radical (unpaired) electrons. The van der Waals surface area contributed by atoms with Gasteiger partial charge in [-0.05, 0) is 12.8 Å². The van der Waals surface area contributed by atoms with Gasteiger partial charge in [0, 0.05) is 33.2 Å². The largest absolute Gasteiger partial charge is 0.465 e. The monoisotopic (exact) mass is 227 g/mol. The van der Waals surface area contributed by atoms with Crippen LogP contribution in [-0.2, 0) is 0 Å². The van der Waals surface area contributed by atoms with E-state index in [4.69, 9.17) is 5.11 Å². The Balaban J connectivity index is 1.99. The van der Waals surface area contributed by atoms with Crippen LogP contribution >= 0.6 is 0 Å². The van der Waals surface area contributed by atoms with E-state index in [1.54, 1.807) is 16.8 Å². The van der Waals surface area contributed by atoms with E-state index in [0.29, 0.717) is 19.6 Å². The molecule has 0 saturated carbocycles. The molecule has 2 fully saturated rings. The lowest BCUT2D eigenvalue weighted by Gasteiger charge is -2.35. The van der Waals surface area contributed by atoms with E-state index < -0.39 is 6.09 Å². The van der Waals surface area contributed by atoms with Gasteiger partial charge in [-0.25, -0.2) is 9.59 Å². The Hall–Kier alpha value is -1.46. The van der Waals surface area contributed by atoms with Crippen LogP contribution in [0.15, 0.2) is 0 Å². The lowest BCUT2D eigenvalue weighted by atomic mass is 10.1. The van der Waals surface area contributed by atoms with Crippen LogP contribution in [0, 0.1) is 0 Å². The molecule has 0 bridgehead atoms. The Labute approximate surface area is 94.4 Å². The summed E-state index contributed by atoms with van der Waals surface area (Å²) in [5.74, 6) is 0. The SMILES string of the molecule is CN1CCN([C@@H]2CCCN(C(=O)O)C2)C1=O. The first-order valence-electron chi connectivity index (χ1n) is 5.59. The van der Waals surface area contributed by atoms with Gasteiger partial charge in [0.15, 0.2) is 0 Å². The van der Waals surface area contributed by atoms with Crippen LogP contribution in [0.2, 0.25) is 0 Å². The lowest BCUT2D eigenvalue weighted by Crippen LogP contribution is -2.50. The van der Waals surface area contributed by atoms with Crippen LogP contribution in [0.25, 0.3) is 0 Å². The van der Waals surface area contributed by atoms with Gasteiger partial charge >= 0.3 is 12.1 Å². The summed E-state index contributed by atoms with van der Waals surface area (Å²) in [5, 5.41) is 8.93. The zero-order valence-corrected chi connectivity index (χ0v) is 9.43. The van der Waals surface area contributed by atoms with E-state index in [9.17, 15) is 9.59 Å². The van der Waals surface area contributed by atoms with Crippen molar-refractivity contribution in [1.82, 2.24) is 14.7 Å². The molecule has 6 nitrogen and oxygen atoms in total. The minimum Gasteiger partial charge on any atom is -0.465 e. The molecule has 2 aliphatic heterocycles. The van der Waals surface area contributed by atoms with Gasteiger partial charge in [-0.1, -0.05) is 0 Å². The second-order valence-electron chi connectivity index (χ2n) is 4.42. The third-order valence-electron chi connectivity index (χ3n) is 3.36. The second-order valence-corrected chi connectivity index (χ2v) is 4.42. The van der Waals surface area contributed by atoms with E-state index in [1.165, 1.54) is 4.90 Å². The third-order valence-corrected chi connectivity index (χ3v) is 3.36. The highest BCUT2D eigenvalue weighted by molar-refractivity contribution is 5.76. The summed E-state index contributed by atoms with van der Waals surface area (Å²) in [4.78, 5) is 27.5. The molecule has 0 aromatic rings. The van der Waals surface area contributed by atoms with Gasteiger partial charge < -0.3 is 19.8 Å². The zero-order valence-electron chi connectivity index (χ0n) is 9.43. The molecular weight excluding hydrogens is 210 g/mol. The minimum absolute atomic E-state index is 0.0252. The van der Waals surface area contributed by atoms with Gasteiger partial charge in [-0.3, -0.25) is 0 Å². The maximum absolute atomic E-state index is 11.8. The van der Waals surface area contributed by atoms with Crippen LogP contribution in [0.4, 0.5) is 9.59 Å². The number of rotatable bonds is 1. The Morgan fingerprint density at radius 3 is 2.69 bits per heavy atom. The summed E-state index contributed by atoms with van der Waals surface area (Å²) >= 11 is 0. The standard InChI is InChI=1S/C10H17N3O3/c1-11-5-6-13(9(11)14)8-3-2-4-12(7-8)10(15)16/h8H,2-7H2,1H3,(H,15,16)/t8-/m1/s1. The second kappa shape index (κ2) is 4.19. The minimum atomic E-state index is -0.885. The van der Waals surface area contributed by atoms with Crippen LogP contribution in [-0.4, -0.2) is 71.2 Å². The molecule has 0 spiro atoms. The molecule has 0 aromatic carbocycles. The molecule has 2 heterocycles. The normalized spacial score (nSPS) is 26.4. The number of hydrogen-bond donors (Lipinski definition) is 1. The highest BCUT2D eigenvalue weighted by Crippen LogP contribution is 2.19. The summed E-state index contributed by atoms with van der Waals surface area (Å²) in [5.41, 5.74) is 0. The smallest absolute Gasteiger partial charge is 0.407 e. The van der Waals surface area contributed by atoms with Gasteiger partial charge in [0.05, 0.1) is 6.04 Å². The average molecular weight is 227 g/mol. The number of piperidine rings is 1. The van der Waals surface area contributed by atoms with Crippen LogP contribution in [0.1, 0.15) is 12.8 Å². The number of likely N-dealkylation sites (tertiary alicyclic amines) is 1. The van der Waals surface area contributed by atoms with Gasteiger partial charge in [0.25, 0.3) is 0 Å². The Morgan fingerprint density at radius 2 is 2.12 bits per heavy atom. The molecule has 90 valence electrons. The maximum atomic E-state index is 11.8. The fourth-order valence-electron chi connectivity index (χ4n) is 2.39. The molecule has 0 aromatic heterocycles. The van der Waals surface area contributed by atoms with Crippen molar-refractivity contribution in [2.24, 2.45) is 0 Å². The molecule has 1 N–H and O–H groups in total. The van der Waals surface area contributed by atoms with Crippen molar-refractivity contribution >= 4 is 12.1 Å². The summed E-state index contributed by atoms with van der Waals surface area (Å²) in [6.07, 6.45) is 0.859. The average Bonchev–Trinajstić information content (AvgIpc) is 2.60. The van der Waals surface area contributed by atoms with Crippen molar-refractivity contribution in [2.45, 2.75) is 18.9 Å². The summed E-state index contributed by atoms with van der Waals surface area (Å²) in [6.45, 7) is 2.49. The summed E-state index contributed by atoms with van der Waals surface area (Å²) in [7, 11) is 1.78. The van der Waals surface area contributed by atoms with Crippen molar-refractivity contribution in [3.05, 3.63) is 0 Å². The molecule has 2 saturated heterocycles. The molecule has 6 heteroatoms. The van der Waals surface area contributed by atoms with Crippen LogP contribution in [0.3, 0.4) is 0 Å². The van der Waals surface area contributed by atoms with Gasteiger partial charge in [0.1, 0.15) is 0 Å². The van der Waals surface area contributed by atoms with Gasteiger partial charge in [-0.15, -0.1) is 0 Å². The molecule has 1 atom stereocenters. The predicted molar refractivity (Wildman–Crippen MR) is 57.4 cm³/mol. The molecule has 0 unspecified atom stereocenters. The Kier molecular flexibility index (Phi) is 2.89. The number of carbonyl (C=O) groups is 2. The first-order chi connectivity index (χ1) is 7.59. The third kappa shape index (κ3) is 1.91. The highest BCUT2D eigenvalue weighted by atomic mass is 16.4. The Bertz CT molecular complexity index is 308. The number of nitrogens with zero attached hydrogens (tertiary/aromatic N) is 3. The number of urea groups is 1. The van der Waals surface area contributed by atoms with Crippen LogP contribution < -0.4 is 0 Å². The quantitative estimate of drug-likeness (QED) is 0.709. The maximum Gasteiger partial charge on any atom is 0.407 e. The molecule has 3 amide bonds. The number of amides is 3. The van der Waals surface area contributed by atoms with E-state index in [1.807, 2.05) is 0 Å². The summed E-state index contributed by atoms with van der Waals surface area (Å²) in [6, 6.07) is 0.0829. The molecule has 0 aliphatic carbocycles. The zero-order chi connectivity index (χ0) is 11.7. The fourth-order valence-corrected chi connectivity index (χ4v) is 2.39.